The van der Waals surface area contributed by atoms with Crippen LogP contribution >= 0.6 is 0 Å². The molecule has 0 aliphatic carbocycles. The van der Waals surface area contributed by atoms with E-state index in [1.165, 1.54) is 0 Å². The third-order valence-electron chi connectivity index (χ3n) is 4.87. The van der Waals surface area contributed by atoms with E-state index in [4.69, 9.17) is 24.4 Å². The van der Waals surface area contributed by atoms with Crippen LogP contribution in [-0.2, 0) is 0 Å². The van der Waals surface area contributed by atoms with Crippen LogP contribution in [-0.4, -0.2) is 13.2 Å². The van der Waals surface area contributed by atoms with Crippen LogP contribution in [0.4, 0.5) is 0 Å². The normalized spacial score (nSPS) is 15.3. The van der Waals surface area contributed by atoms with Crippen molar-refractivity contribution in [3.8, 4) is 23.5 Å². The van der Waals surface area contributed by atoms with Crippen molar-refractivity contribution in [3.05, 3.63) is 75.3 Å². The van der Waals surface area contributed by atoms with Gasteiger partial charge >= 0.3 is 0 Å². The molecule has 0 unspecified atom stereocenters. The van der Waals surface area contributed by atoms with Crippen LogP contribution in [0.25, 0.3) is 11.0 Å². The molecule has 30 heavy (non-hydrogen) atoms. The van der Waals surface area contributed by atoms with Crippen LogP contribution in [0.5, 0.6) is 17.4 Å². The van der Waals surface area contributed by atoms with Crippen LogP contribution in [0, 0.1) is 11.3 Å². The van der Waals surface area contributed by atoms with Gasteiger partial charge in [0.2, 0.25) is 11.3 Å². The number of fused-ring (bicyclic) bond motifs is 2. The fourth-order valence-electron chi connectivity index (χ4n) is 3.62. The van der Waals surface area contributed by atoms with E-state index in [1.54, 1.807) is 42.5 Å². The van der Waals surface area contributed by atoms with Gasteiger partial charge in [-0.05, 0) is 32.0 Å². The molecular formula is C23H20N2O5. The minimum absolute atomic E-state index is 0.0171. The van der Waals surface area contributed by atoms with Gasteiger partial charge < -0.3 is 24.4 Å². The highest BCUT2D eigenvalue weighted by atomic mass is 16.6. The summed E-state index contributed by atoms with van der Waals surface area (Å²) in [5.74, 6) is 0.200. The molecule has 0 bridgehead atoms. The molecule has 0 fully saturated rings. The second-order valence-corrected chi connectivity index (χ2v) is 6.62. The van der Waals surface area contributed by atoms with Crippen LogP contribution in [0.2, 0.25) is 0 Å². The van der Waals surface area contributed by atoms with E-state index in [-0.39, 0.29) is 28.4 Å². The van der Waals surface area contributed by atoms with Crippen molar-refractivity contribution in [1.82, 2.24) is 0 Å². The number of nitriles is 1. The van der Waals surface area contributed by atoms with Crippen LogP contribution < -0.4 is 25.4 Å². The summed E-state index contributed by atoms with van der Waals surface area (Å²) in [5, 5.41) is 10.2. The van der Waals surface area contributed by atoms with E-state index in [9.17, 15) is 10.1 Å². The summed E-state index contributed by atoms with van der Waals surface area (Å²) in [7, 11) is 0. The fraction of sp³-hybridized carbons (Fsp3) is 0.217. The lowest BCUT2D eigenvalue weighted by atomic mass is 9.83. The molecule has 0 radical (unpaired) electrons. The number of para-hydroxylation sites is 1. The number of rotatable bonds is 5. The molecule has 7 nitrogen and oxygen atoms in total. The van der Waals surface area contributed by atoms with Gasteiger partial charge in [0.25, 0.3) is 5.95 Å². The average molecular weight is 404 g/mol. The number of hydrogen-bond acceptors (Lipinski definition) is 7. The molecule has 2 aromatic carbocycles. The Balaban J connectivity index is 2.01. The molecule has 4 rings (SSSR count). The smallest absolute Gasteiger partial charge is 0.300 e. The van der Waals surface area contributed by atoms with E-state index in [0.29, 0.717) is 41.2 Å². The first-order valence-corrected chi connectivity index (χ1v) is 9.61. The minimum Gasteiger partial charge on any atom is -0.494 e. The van der Waals surface area contributed by atoms with E-state index in [1.807, 2.05) is 13.8 Å². The van der Waals surface area contributed by atoms with Crippen molar-refractivity contribution in [2.45, 2.75) is 19.8 Å². The monoisotopic (exact) mass is 404 g/mol. The molecule has 0 amide bonds. The number of hydrogen-bond donors (Lipinski definition) is 1. The predicted molar refractivity (Wildman–Crippen MR) is 111 cm³/mol. The van der Waals surface area contributed by atoms with Crippen LogP contribution in [0.15, 0.2) is 63.1 Å². The summed E-state index contributed by atoms with van der Waals surface area (Å²) in [6, 6.07) is 14.2. The van der Waals surface area contributed by atoms with Gasteiger partial charge in [-0.15, -0.1) is 0 Å². The number of benzene rings is 2. The maximum Gasteiger partial charge on any atom is 0.300 e. The van der Waals surface area contributed by atoms with Crippen LogP contribution in [0.3, 0.4) is 0 Å². The molecule has 1 aromatic heterocycles. The maximum atomic E-state index is 13.4. The molecule has 0 saturated carbocycles. The summed E-state index contributed by atoms with van der Waals surface area (Å²) in [6.45, 7) is 4.63. The maximum absolute atomic E-state index is 13.4. The van der Waals surface area contributed by atoms with Gasteiger partial charge in [0, 0.05) is 11.6 Å². The van der Waals surface area contributed by atoms with Gasteiger partial charge in [-0.25, -0.2) is 0 Å². The molecule has 3 aromatic rings. The van der Waals surface area contributed by atoms with E-state index >= 15 is 0 Å². The van der Waals surface area contributed by atoms with E-state index < -0.39 is 5.92 Å². The molecule has 1 atom stereocenters. The summed E-state index contributed by atoms with van der Waals surface area (Å²) < 4.78 is 22.8. The fourth-order valence-corrected chi connectivity index (χ4v) is 3.62. The van der Waals surface area contributed by atoms with Gasteiger partial charge in [-0.1, -0.05) is 18.2 Å². The Morgan fingerprint density at radius 3 is 2.63 bits per heavy atom. The van der Waals surface area contributed by atoms with Crippen molar-refractivity contribution in [2.24, 2.45) is 5.73 Å². The number of ether oxygens (including phenoxy) is 3. The molecule has 152 valence electrons. The number of nitrogens with zero attached hydrogens (tertiary/aromatic N) is 1. The summed E-state index contributed by atoms with van der Waals surface area (Å²) in [6.07, 6.45) is 0. The molecule has 0 saturated heterocycles. The largest absolute Gasteiger partial charge is 0.494 e. The van der Waals surface area contributed by atoms with Crippen molar-refractivity contribution in [2.75, 3.05) is 13.2 Å². The quantitative estimate of drug-likeness (QED) is 0.689. The third kappa shape index (κ3) is 3.12. The number of allylic oxidation sites excluding steroid dienone is 1. The lowest BCUT2D eigenvalue weighted by Gasteiger charge is -2.26. The Bertz CT molecular complexity index is 1250. The zero-order chi connectivity index (χ0) is 21.3. The molecule has 0 spiro atoms. The topological polar surface area (TPSA) is 108 Å². The standard InChI is InChI=1S/C23H20N2O5/c1-3-27-13-9-10-14(18(11-13)28-4-2)19-16(12-24)22(25)30-23-20(19)21(26)15-7-5-6-8-17(15)29-23/h5-11,19H,3-4,25H2,1-2H3/t19-/m0/s1. The Kier molecular flexibility index (Phi) is 5.07. The highest BCUT2D eigenvalue weighted by Crippen LogP contribution is 2.45. The van der Waals surface area contributed by atoms with E-state index in [0.717, 1.165) is 0 Å². The average Bonchev–Trinajstić information content (AvgIpc) is 2.74. The predicted octanol–water partition coefficient (Wildman–Crippen LogP) is 3.81. The van der Waals surface area contributed by atoms with Crippen molar-refractivity contribution < 1.29 is 18.6 Å². The van der Waals surface area contributed by atoms with Gasteiger partial charge in [0.1, 0.15) is 28.7 Å². The van der Waals surface area contributed by atoms with Crippen molar-refractivity contribution in [3.63, 3.8) is 0 Å². The molecule has 2 N–H and O–H groups in total. The van der Waals surface area contributed by atoms with Gasteiger partial charge in [-0.3, -0.25) is 4.79 Å². The lowest BCUT2D eigenvalue weighted by Crippen LogP contribution is -2.26. The SMILES string of the molecule is CCOc1ccc([C@H]2C(C#N)=C(N)Oc3oc4ccccc4c(=O)c32)c(OCC)c1. The Hall–Kier alpha value is -3.92. The molecular weight excluding hydrogens is 384 g/mol. The molecule has 2 heterocycles. The first kappa shape index (κ1) is 19.4. The van der Waals surface area contributed by atoms with Gasteiger partial charge in [0.15, 0.2) is 0 Å². The Morgan fingerprint density at radius 2 is 1.90 bits per heavy atom. The molecule has 1 aliphatic heterocycles. The van der Waals surface area contributed by atoms with Gasteiger partial charge in [-0.2, -0.15) is 5.26 Å². The zero-order valence-electron chi connectivity index (χ0n) is 16.6. The van der Waals surface area contributed by atoms with Crippen molar-refractivity contribution >= 4 is 11.0 Å². The molecule has 7 heteroatoms. The minimum atomic E-state index is -0.795. The third-order valence-corrected chi connectivity index (χ3v) is 4.87. The van der Waals surface area contributed by atoms with Crippen molar-refractivity contribution in [1.29, 1.82) is 5.26 Å². The summed E-state index contributed by atoms with van der Waals surface area (Å²) in [5.41, 5.74) is 7.07. The second kappa shape index (κ2) is 7.84. The highest BCUT2D eigenvalue weighted by molar-refractivity contribution is 5.78. The first-order chi connectivity index (χ1) is 14.6. The lowest BCUT2D eigenvalue weighted by molar-refractivity contribution is 0.293. The van der Waals surface area contributed by atoms with Gasteiger partial charge in [0.05, 0.1) is 30.1 Å². The Morgan fingerprint density at radius 1 is 1.13 bits per heavy atom. The van der Waals surface area contributed by atoms with E-state index in [2.05, 4.69) is 6.07 Å². The molecule has 1 aliphatic rings. The summed E-state index contributed by atoms with van der Waals surface area (Å²) in [4.78, 5) is 13.4. The first-order valence-electron chi connectivity index (χ1n) is 9.61. The Labute approximate surface area is 172 Å². The zero-order valence-corrected chi connectivity index (χ0v) is 16.6. The van der Waals surface area contributed by atoms with Crippen LogP contribution in [0.1, 0.15) is 30.9 Å². The second-order valence-electron chi connectivity index (χ2n) is 6.62. The summed E-state index contributed by atoms with van der Waals surface area (Å²) >= 11 is 0. The number of nitrogens with two attached hydrogens (primary N) is 1. The highest BCUT2D eigenvalue weighted by Gasteiger charge is 2.37.